The molecule has 1 heterocycles. The summed E-state index contributed by atoms with van der Waals surface area (Å²) in [5.74, 6) is 0.832. The van der Waals surface area contributed by atoms with Gasteiger partial charge in [0, 0.05) is 19.6 Å². The van der Waals surface area contributed by atoms with Crippen LogP contribution in [0.4, 0.5) is 5.82 Å². The molecule has 92 valence electrons. The molecule has 0 saturated heterocycles. The van der Waals surface area contributed by atoms with Crippen molar-refractivity contribution in [2.75, 3.05) is 25.5 Å². The van der Waals surface area contributed by atoms with Crippen LogP contribution in [0.2, 0.25) is 0 Å². The minimum absolute atomic E-state index is 0.0361. The monoisotopic (exact) mass is 233 g/mol. The van der Waals surface area contributed by atoms with Crippen molar-refractivity contribution in [3.05, 3.63) is 18.1 Å². The van der Waals surface area contributed by atoms with Crippen LogP contribution in [0.25, 0.3) is 0 Å². The van der Waals surface area contributed by atoms with Gasteiger partial charge in [0.1, 0.15) is 5.82 Å². The van der Waals surface area contributed by atoms with E-state index in [9.17, 15) is 0 Å². The highest BCUT2D eigenvalue weighted by atomic mass is 15.1. The highest BCUT2D eigenvalue weighted by Gasteiger charge is 2.06. The Labute approximate surface area is 102 Å². The van der Waals surface area contributed by atoms with E-state index in [4.69, 9.17) is 5.26 Å². The quantitative estimate of drug-likeness (QED) is 0.806. The first-order chi connectivity index (χ1) is 8.15. The smallest absolute Gasteiger partial charge is 0.144 e. The zero-order valence-corrected chi connectivity index (χ0v) is 10.6. The fourth-order valence-electron chi connectivity index (χ4n) is 1.56. The highest BCUT2D eigenvalue weighted by molar-refractivity contribution is 5.30. The van der Waals surface area contributed by atoms with Gasteiger partial charge in [-0.25, -0.2) is 4.98 Å². The number of nitrogens with one attached hydrogen (secondary N) is 1. The molecular formula is C12H19N5. The number of anilines is 1. The summed E-state index contributed by atoms with van der Waals surface area (Å²) in [7, 11) is 1.98. The van der Waals surface area contributed by atoms with Crippen molar-refractivity contribution in [1.29, 1.82) is 5.26 Å². The minimum Gasteiger partial charge on any atom is -0.369 e. The Morgan fingerprint density at radius 1 is 1.47 bits per heavy atom. The van der Waals surface area contributed by atoms with Gasteiger partial charge in [-0.2, -0.15) is 5.26 Å². The second-order valence-corrected chi connectivity index (χ2v) is 4.15. The summed E-state index contributed by atoms with van der Waals surface area (Å²) in [6, 6.07) is 2.22. The van der Waals surface area contributed by atoms with Gasteiger partial charge in [-0.05, 0) is 20.9 Å². The summed E-state index contributed by atoms with van der Waals surface area (Å²) in [6.45, 7) is 6.23. The fourth-order valence-corrected chi connectivity index (χ4v) is 1.56. The van der Waals surface area contributed by atoms with Gasteiger partial charge < -0.3 is 5.32 Å². The molecule has 0 spiro atoms. The maximum Gasteiger partial charge on any atom is 0.144 e. The predicted octanol–water partition coefficient (Wildman–Crippen LogP) is 1.50. The molecule has 0 aliphatic rings. The van der Waals surface area contributed by atoms with E-state index >= 15 is 0 Å². The molecule has 0 saturated carbocycles. The molecule has 1 rings (SSSR count). The largest absolute Gasteiger partial charge is 0.369 e. The van der Waals surface area contributed by atoms with E-state index in [-0.39, 0.29) is 5.92 Å². The van der Waals surface area contributed by atoms with Crippen molar-refractivity contribution in [2.45, 2.75) is 20.4 Å². The van der Waals surface area contributed by atoms with Gasteiger partial charge in [0.15, 0.2) is 0 Å². The fraction of sp³-hybridized carbons (Fsp3) is 0.583. The van der Waals surface area contributed by atoms with Gasteiger partial charge in [-0.15, -0.1) is 0 Å². The molecule has 0 radical (unpaired) electrons. The molecule has 1 aromatic rings. The van der Waals surface area contributed by atoms with Crippen molar-refractivity contribution in [1.82, 2.24) is 14.9 Å². The average molecular weight is 233 g/mol. The SMILES string of the molecule is CCNc1cnc(CN(C)CC(C)C#N)cn1. The number of nitriles is 1. The Balaban J connectivity index is 2.48. The van der Waals surface area contributed by atoms with Crippen LogP contribution in [0.5, 0.6) is 0 Å². The number of hydrogen-bond donors (Lipinski definition) is 1. The molecule has 0 fully saturated rings. The highest BCUT2D eigenvalue weighted by Crippen LogP contribution is 2.04. The Morgan fingerprint density at radius 3 is 2.76 bits per heavy atom. The lowest BCUT2D eigenvalue weighted by molar-refractivity contribution is 0.299. The van der Waals surface area contributed by atoms with E-state index in [0.717, 1.165) is 24.6 Å². The minimum atomic E-state index is 0.0361. The Bertz CT molecular complexity index is 367. The Kier molecular flexibility index (Phi) is 5.37. The first kappa shape index (κ1) is 13.4. The van der Waals surface area contributed by atoms with Crippen LogP contribution in [-0.4, -0.2) is 35.0 Å². The third-order valence-electron chi connectivity index (χ3n) is 2.30. The first-order valence-corrected chi connectivity index (χ1v) is 5.78. The lowest BCUT2D eigenvalue weighted by Crippen LogP contribution is -2.23. The Morgan fingerprint density at radius 2 is 2.24 bits per heavy atom. The molecule has 0 bridgehead atoms. The topological polar surface area (TPSA) is 64.8 Å². The molecular weight excluding hydrogens is 214 g/mol. The normalized spacial score (nSPS) is 12.2. The number of hydrogen-bond acceptors (Lipinski definition) is 5. The molecule has 1 N–H and O–H groups in total. The standard InChI is InChI=1S/C12H19N5/c1-4-14-12-7-15-11(6-16-12)9-17(3)8-10(2)5-13/h6-7,10H,4,8-9H2,1-3H3,(H,14,16). The van der Waals surface area contributed by atoms with Crippen LogP contribution >= 0.6 is 0 Å². The maximum atomic E-state index is 8.73. The summed E-state index contributed by atoms with van der Waals surface area (Å²) >= 11 is 0. The van der Waals surface area contributed by atoms with Crippen LogP contribution in [-0.2, 0) is 6.54 Å². The third-order valence-corrected chi connectivity index (χ3v) is 2.30. The van der Waals surface area contributed by atoms with Crippen LogP contribution in [0.1, 0.15) is 19.5 Å². The molecule has 0 aromatic carbocycles. The van der Waals surface area contributed by atoms with Crippen LogP contribution in [0.15, 0.2) is 12.4 Å². The zero-order chi connectivity index (χ0) is 12.7. The summed E-state index contributed by atoms with van der Waals surface area (Å²) in [5.41, 5.74) is 0.916. The van der Waals surface area contributed by atoms with Crippen molar-refractivity contribution in [3.63, 3.8) is 0 Å². The lowest BCUT2D eigenvalue weighted by Gasteiger charge is -2.16. The van der Waals surface area contributed by atoms with Crippen LogP contribution in [0.3, 0.4) is 0 Å². The van der Waals surface area contributed by atoms with Gasteiger partial charge in [-0.1, -0.05) is 0 Å². The summed E-state index contributed by atoms with van der Waals surface area (Å²) in [4.78, 5) is 10.7. The molecule has 5 heteroatoms. The van der Waals surface area contributed by atoms with E-state index in [1.165, 1.54) is 0 Å². The molecule has 0 amide bonds. The van der Waals surface area contributed by atoms with Crippen molar-refractivity contribution >= 4 is 5.82 Å². The van der Waals surface area contributed by atoms with E-state index in [1.54, 1.807) is 12.4 Å². The van der Waals surface area contributed by atoms with Crippen LogP contribution in [0, 0.1) is 17.2 Å². The van der Waals surface area contributed by atoms with Crippen LogP contribution < -0.4 is 5.32 Å². The molecule has 5 nitrogen and oxygen atoms in total. The van der Waals surface area contributed by atoms with Crippen molar-refractivity contribution < 1.29 is 0 Å². The van der Waals surface area contributed by atoms with E-state index in [2.05, 4.69) is 26.3 Å². The second kappa shape index (κ2) is 6.81. The van der Waals surface area contributed by atoms with E-state index in [1.807, 2.05) is 20.9 Å². The number of rotatable bonds is 6. The maximum absolute atomic E-state index is 8.73. The molecule has 1 atom stereocenters. The Hall–Kier alpha value is -1.67. The molecule has 1 aromatic heterocycles. The van der Waals surface area contributed by atoms with Crippen molar-refractivity contribution in [2.24, 2.45) is 5.92 Å². The van der Waals surface area contributed by atoms with Gasteiger partial charge in [0.25, 0.3) is 0 Å². The third kappa shape index (κ3) is 4.79. The lowest BCUT2D eigenvalue weighted by atomic mass is 10.2. The van der Waals surface area contributed by atoms with Gasteiger partial charge in [-0.3, -0.25) is 9.88 Å². The summed E-state index contributed by atoms with van der Waals surface area (Å²) in [6.07, 6.45) is 3.51. The molecule has 0 aliphatic heterocycles. The molecule has 1 unspecified atom stereocenters. The molecule has 17 heavy (non-hydrogen) atoms. The van der Waals surface area contributed by atoms with Gasteiger partial charge >= 0.3 is 0 Å². The number of nitrogens with zero attached hydrogens (tertiary/aromatic N) is 4. The number of aromatic nitrogens is 2. The first-order valence-electron chi connectivity index (χ1n) is 5.78. The second-order valence-electron chi connectivity index (χ2n) is 4.15. The predicted molar refractivity (Wildman–Crippen MR) is 67.3 cm³/mol. The molecule has 0 aliphatic carbocycles. The summed E-state index contributed by atoms with van der Waals surface area (Å²) in [5, 5.41) is 11.8. The van der Waals surface area contributed by atoms with Gasteiger partial charge in [0.05, 0.1) is 30.1 Å². The van der Waals surface area contributed by atoms with Gasteiger partial charge in [0.2, 0.25) is 0 Å². The average Bonchev–Trinajstić information content (AvgIpc) is 2.31. The van der Waals surface area contributed by atoms with E-state index in [0.29, 0.717) is 6.54 Å². The van der Waals surface area contributed by atoms with E-state index < -0.39 is 0 Å². The summed E-state index contributed by atoms with van der Waals surface area (Å²) < 4.78 is 0. The van der Waals surface area contributed by atoms with Crippen molar-refractivity contribution in [3.8, 4) is 6.07 Å². The zero-order valence-electron chi connectivity index (χ0n) is 10.6.